The van der Waals surface area contributed by atoms with Crippen LogP contribution in [0.25, 0.3) is 21.9 Å². The minimum absolute atomic E-state index is 0.0358. The quantitative estimate of drug-likeness (QED) is 0.142. The first kappa shape index (κ1) is 37.2. The standard InChI is InChI=1S/C56H49ClN2/c1-39-35-49(54(57)52(36-39)59-51-32-13-12-31-50(51)55(2)33-14-15-34-56(55,59)3)53(41-20-6-4-7-21-41)43-24-17-28-46(38-43)58(44-25-8-5-9-26-44)45-27-16-23-42(37-45)48-30-18-22-40-19-10-11-29-47(40)48/h4-13,16-32,35-38,53H,14-15,33-34H2,1-3H3. The van der Waals surface area contributed by atoms with Crippen molar-refractivity contribution in [1.29, 1.82) is 0 Å². The Morgan fingerprint density at radius 1 is 0.559 bits per heavy atom. The lowest BCUT2D eigenvalue weighted by molar-refractivity contribution is 0.195. The highest BCUT2D eigenvalue weighted by Crippen LogP contribution is 2.62. The van der Waals surface area contributed by atoms with E-state index < -0.39 is 0 Å². The van der Waals surface area contributed by atoms with Crippen LogP contribution < -0.4 is 9.80 Å². The first-order valence-corrected chi connectivity index (χ1v) is 21.5. The highest BCUT2D eigenvalue weighted by Gasteiger charge is 2.57. The van der Waals surface area contributed by atoms with Crippen molar-refractivity contribution in [3.05, 3.63) is 221 Å². The van der Waals surface area contributed by atoms with E-state index >= 15 is 0 Å². The zero-order valence-electron chi connectivity index (χ0n) is 34.1. The molecule has 1 fully saturated rings. The predicted molar refractivity (Wildman–Crippen MR) is 250 cm³/mol. The van der Waals surface area contributed by atoms with Gasteiger partial charge in [-0.25, -0.2) is 0 Å². The Morgan fingerprint density at radius 3 is 2.02 bits per heavy atom. The molecule has 0 radical (unpaired) electrons. The second kappa shape index (κ2) is 14.9. The second-order valence-electron chi connectivity index (χ2n) is 17.0. The monoisotopic (exact) mass is 784 g/mol. The molecule has 1 heterocycles. The zero-order valence-corrected chi connectivity index (χ0v) is 34.8. The van der Waals surface area contributed by atoms with E-state index in [0.29, 0.717) is 0 Å². The molecule has 8 aromatic rings. The van der Waals surface area contributed by atoms with E-state index in [1.54, 1.807) is 0 Å². The molecule has 0 N–H and O–H groups in total. The molecule has 8 aromatic carbocycles. The molecule has 1 saturated carbocycles. The Kier molecular flexibility index (Phi) is 9.42. The van der Waals surface area contributed by atoms with Crippen molar-refractivity contribution in [2.75, 3.05) is 9.80 Å². The molecule has 59 heavy (non-hydrogen) atoms. The van der Waals surface area contributed by atoms with E-state index in [2.05, 4.69) is 219 Å². The normalized spacial score (nSPS) is 18.9. The third-order valence-corrected chi connectivity index (χ3v) is 14.0. The van der Waals surface area contributed by atoms with Crippen LogP contribution in [0.1, 0.15) is 73.3 Å². The van der Waals surface area contributed by atoms with Gasteiger partial charge in [0, 0.05) is 34.1 Å². The van der Waals surface area contributed by atoms with Gasteiger partial charge in [0.1, 0.15) is 0 Å². The van der Waals surface area contributed by atoms with Crippen LogP contribution in [0.4, 0.5) is 28.4 Å². The average Bonchev–Trinajstić information content (AvgIpc) is 3.48. The van der Waals surface area contributed by atoms with E-state index in [4.69, 9.17) is 11.6 Å². The molecular formula is C56H49ClN2. The van der Waals surface area contributed by atoms with E-state index in [0.717, 1.165) is 39.8 Å². The Bertz CT molecular complexity index is 2810. The van der Waals surface area contributed by atoms with Gasteiger partial charge in [-0.3, -0.25) is 0 Å². The zero-order chi connectivity index (χ0) is 40.1. The molecule has 0 amide bonds. The predicted octanol–water partition coefficient (Wildman–Crippen LogP) is 15.9. The summed E-state index contributed by atoms with van der Waals surface area (Å²) < 4.78 is 0. The minimum Gasteiger partial charge on any atom is -0.333 e. The third-order valence-electron chi connectivity index (χ3n) is 13.6. The molecule has 3 atom stereocenters. The molecule has 290 valence electrons. The smallest absolute Gasteiger partial charge is 0.0685 e. The fourth-order valence-electron chi connectivity index (χ4n) is 10.6. The fraction of sp³-hybridized carbons (Fsp3) is 0.179. The van der Waals surface area contributed by atoms with Crippen molar-refractivity contribution in [3.63, 3.8) is 0 Å². The molecule has 3 unspecified atom stereocenters. The van der Waals surface area contributed by atoms with Crippen molar-refractivity contribution in [2.45, 2.75) is 63.3 Å². The SMILES string of the molecule is Cc1cc(C(c2ccccc2)c2cccc(N(c3ccccc3)c3cccc(-c4cccc5ccccc45)c3)c2)c(Cl)c(N2c3ccccc3C3(C)CCCCC23C)c1. The number of hydrogen-bond donors (Lipinski definition) is 0. The lowest BCUT2D eigenvalue weighted by Crippen LogP contribution is -2.54. The number of nitrogens with zero attached hydrogens (tertiary/aromatic N) is 2. The van der Waals surface area contributed by atoms with Crippen LogP contribution in [0, 0.1) is 6.92 Å². The van der Waals surface area contributed by atoms with Crippen LogP contribution in [0.2, 0.25) is 5.02 Å². The summed E-state index contributed by atoms with van der Waals surface area (Å²) in [5.41, 5.74) is 14.2. The minimum atomic E-state index is -0.106. The molecule has 0 saturated heterocycles. The summed E-state index contributed by atoms with van der Waals surface area (Å²) in [5, 5.41) is 3.31. The Balaban J connectivity index is 1.13. The van der Waals surface area contributed by atoms with Crippen LogP contribution in [0.3, 0.4) is 0 Å². The Hall–Kier alpha value is -6.09. The van der Waals surface area contributed by atoms with E-state index in [1.807, 2.05) is 0 Å². The van der Waals surface area contributed by atoms with Gasteiger partial charge < -0.3 is 9.80 Å². The molecular weight excluding hydrogens is 736 g/mol. The van der Waals surface area contributed by atoms with Gasteiger partial charge in [0.25, 0.3) is 0 Å². The first-order valence-electron chi connectivity index (χ1n) is 21.1. The molecule has 10 rings (SSSR count). The van der Waals surface area contributed by atoms with Gasteiger partial charge in [-0.2, -0.15) is 0 Å². The summed E-state index contributed by atoms with van der Waals surface area (Å²) in [4.78, 5) is 5.01. The lowest BCUT2D eigenvalue weighted by Gasteiger charge is -2.50. The van der Waals surface area contributed by atoms with Crippen LogP contribution in [-0.4, -0.2) is 5.54 Å². The van der Waals surface area contributed by atoms with Crippen LogP contribution >= 0.6 is 11.6 Å². The second-order valence-corrected chi connectivity index (χ2v) is 17.4. The topological polar surface area (TPSA) is 6.48 Å². The molecule has 0 aromatic heterocycles. The van der Waals surface area contributed by atoms with Crippen molar-refractivity contribution in [2.24, 2.45) is 0 Å². The maximum atomic E-state index is 7.92. The van der Waals surface area contributed by atoms with Gasteiger partial charge in [0.15, 0.2) is 0 Å². The summed E-state index contributed by atoms with van der Waals surface area (Å²) in [5.74, 6) is -0.106. The van der Waals surface area contributed by atoms with Gasteiger partial charge >= 0.3 is 0 Å². The number of para-hydroxylation sites is 2. The molecule has 1 aliphatic heterocycles. The largest absolute Gasteiger partial charge is 0.333 e. The number of halogens is 1. The van der Waals surface area contributed by atoms with Gasteiger partial charge in [0.05, 0.1) is 16.2 Å². The molecule has 2 nitrogen and oxygen atoms in total. The maximum absolute atomic E-state index is 7.92. The van der Waals surface area contributed by atoms with Gasteiger partial charge in [0.2, 0.25) is 0 Å². The highest BCUT2D eigenvalue weighted by molar-refractivity contribution is 6.34. The molecule has 2 aliphatic rings. The van der Waals surface area contributed by atoms with Crippen molar-refractivity contribution >= 4 is 50.8 Å². The average molecular weight is 785 g/mol. The molecule has 3 heteroatoms. The fourth-order valence-corrected chi connectivity index (χ4v) is 10.9. The third kappa shape index (κ3) is 6.24. The Morgan fingerprint density at radius 2 is 1.19 bits per heavy atom. The summed E-state index contributed by atoms with van der Waals surface area (Å²) in [6.45, 7) is 7.20. The van der Waals surface area contributed by atoms with Crippen molar-refractivity contribution < 1.29 is 0 Å². The number of benzene rings is 8. The van der Waals surface area contributed by atoms with Crippen molar-refractivity contribution in [1.82, 2.24) is 0 Å². The maximum Gasteiger partial charge on any atom is 0.0685 e. The molecule has 1 aliphatic carbocycles. The van der Waals surface area contributed by atoms with Crippen LogP contribution in [0.15, 0.2) is 188 Å². The van der Waals surface area contributed by atoms with Crippen molar-refractivity contribution in [3.8, 4) is 11.1 Å². The molecule has 0 bridgehead atoms. The van der Waals surface area contributed by atoms with Gasteiger partial charge in [-0.05, 0) is 125 Å². The lowest BCUT2D eigenvalue weighted by atomic mass is 9.61. The number of anilines is 5. The van der Waals surface area contributed by atoms with Crippen LogP contribution in [0.5, 0.6) is 0 Å². The number of fused-ring (bicyclic) bond motifs is 4. The summed E-state index contributed by atoms with van der Waals surface area (Å²) >= 11 is 7.92. The Labute approximate surface area is 354 Å². The van der Waals surface area contributed by atoms with Gasteiger partial charge in [-0.1, -0.05) is 171 Å². The first-order chi connectivity index (χ1) is 28.8. The van der Waals surface area contributed by atoms with E-state index in [1.165, 1.54) is 69.1 Å². The summed E-state index contributed by atoms with van der Waals surface area (Å²) in [7, 11) is 0. The van der Waals surface area contributed by atoms with Gasteiger partial charge in [-0.15, -0.1) is 0 Å². The number of hydrogen-bond acceptors (Lipinski definition) is 2. The molecule has 0 spiro atoms. The van der Waals surface area contributed by atoms with Crippen LogP contribution in [-0.2, 0) is 5.41 Å². The number of rotatable bonds is 8. The summed E-state index contributed by atoms with van der Waals surface area (Å²) in [6, 6.07) is 68.6. The van der Waals surface area contributed by atoms with E-state index in [-0.39, 0.29) is 16.9 Å². The highest BCUT2D eigenvalue weighted by atomic mass is 35.5. The summed E-state index contributed by atoms with van der Waals surface area (Å²) in [6.07, 6.45) is 4.77. The number of aryl methyl sites for hydroxylation is 1. The van der Waals surface area contributed by atoms with E-state index in [9.17, 15) is 0 Å².